The van der Waals surface area contributed by atoms with Crippen molar-refractivity contribution in [3.05, 3.63) is 0 Å². The number of hydrogen-bond acceptors (Lipinski definition) is 0. The van der Waals surface area contributed by atoms with E-state index in [1.807, 2.05) is 20.8 Å². The van der Waals surface area contributed by atoms with E-state index in [0.717, 1.165) is 6.42 Å². The Labute approximate surface area is 50.1 Å². The molecule has 8 heavy (non-hydrogen) atoms. The van der Waals surface area contributed by atoms with Crippen LogP contribution in [0.2, 0.25) is 0 Å². The van der Waals surface area contributed by atoms with Gasteiger partial charge in [0.25, 0.3) is 0 Å². The van der Waals surface area contributed by atoms with Crippen molar-refractivity contribution in [2.75, 3.05) is 0 Å². The van der Waals surface area contributed by atoms with Gasteiger partial charge in [0.05, 0.1) is 0 Å². The Morgan fingerprint density at radius 3 is 1.88 bits per heavy atom. The summed E-state index contributed by atoms with van der Waals surface area (Å²) in [4.78, 5) is 0. The monoisotopic (exact) mass is 116 g/mol. The van der Waals surface area contributed by atoms with Crippen molar-refractivity contribution in [1.29, 1.82) is 0 Å². The molecule has 0 radical (unpaired) electrons. The van der Waals surface area contributed by atoms with Crippen LogP contribution in [0, 0.1) is 11.3 Å². The summed E-state index contributed by atoms with van der Waals surface area (Å²) in [7, 11) is 0. The van der Waals surface area contributed by atoms with Gasteiger partial charge in [0, 0.05) is 5.41 Å². The third kappa shape index (κ3) is 0.568. The fourth-order valence-corrected chi connectivity index (χ4v) is 1.41. The Bertz CT molecular complexity index is 96.6. The maximum atomic E-state index is 12.6. The van der Waals surface area contributed by atoms with Gasteiger partial charge >= 0.3 is 0 Å². The minimum Gasteiger partial charge on any atom is -0.247 e. The van der Waals surface area contributed by atoms with Crippen molar-refractivity contribution < 1.29 is 4.39 Å². The fraction of sp³-hybridized carbons (Fsp3) is 1.00. The molecule has 0 spiro atoms. The molecule has 1 aliphatic rings. The Balaban J connectivity index is 2.45. The zero-order chi connectivity index (χ0) is 6.36. The molecule has 1 saturated carbocycles. The lowest BCUT2D eigenvalue weighted by atomic mass is 10.1. The molecule has 0 aromatic heterocycles. The first-order chi connectivity index (χ1) is 3.60. The second-order valence-corrected chi connectivity index (χ2v) is 3.24. The van der Waals surface area contributed by atoms with Gasteiger partial charge in [-0.3, -0.25) is 0 Å². The Morgan fingerprint density at radius 1 is 1.50 bits per heavy atom. The molecule has 0 aromatic carbocycles. The first kappa shape index (κ1) is 6.06. The molecule has 0 aromatic rings. The van der Waals surface area contributed by atoms with Crippen LogP contribution in [0.5, 0.6) is 0 Å². The van der Waals surface area contributed by atoms with E-state index in [0.29, 0.717) is 5.92 Å². The van der Waals surface area contributed by atoms with Crippen LogP contribution in [0.15, 0.2) is 0 Å². The van der Waals surface area contributed by atoms with Gasteiger partial charge in [-0.15, -0.1) is 0 Å². The van der Waals surface area contributed by atoms with Gasteiger partial charge < -0.3 is 0 Å². The molecule has 1 rings (SSSR count). The smallest absolute Gasteiger partial charge is 0.109 e. The van der Waals surface area contributed by atoms with Gasteiger partial charge in [-0.2, -0.15) is 0 Å². The molecule has 0 unspecified atom stereocenters. The highest BCUT2D eigenvalue weighted by atomic mass is 19.1. The molecule has 0 heterocycles. The quantitative estimate of drug-likeness (QED) is 0.493. The van der Waals surface area contributed by atoms with E-state index in [4.69, 9.17) is 0 Å². The second-order valence-electron chi connectivity index (χ2n) is 3.24. The maximum absolute atomic E-state index is 12.6. The fourth-order valence-electron chi connectivity index (χ4n) is 1.41. The first-order valence-electron chi connectivity index (χ1n) is 3.24. The molecule has 1 fully saturated rings. The molecule has 0 saturated heterocycles. The average Bonchev–Trinajstić information content (AvgIpc) is 2.09. The third-order valence-electron chi connectivity index (χ3n) is 2.35. The molecule has 0 aliphatic heterocycles. The Hall–Kier alpha value is -0.0700. The van der Waals surface area contributed by atoms with E-state index in [1.54, 1.807) is 0 Å². The summed E-state index contributed by atoms with van der Waals surface area (Å²) in [5, 5.41) is 0. The molecule has 1 aliphatic carbocycles. The molecule has 0 N–H and O–H groups in total. The normalized spacial score (nSPS) is 42.0. The summed E-state index contributed by atoms with van der Waals surface area (Å²) in [6, 6.07) is 0. The van der Waals surface area contributed by atoms with Crippen molar-refractivity contribution in [2.45, 2.75) is 33.4 Å². The third-order valence-corrected chi connectivity index (χ3v) is 2.35. The minimum atomic E-state index is -0.521. The van der Waals surface area contributed by atoms with E-state index < -0.39 is 6.17 Å². The molecule has 48 valence electrons. The van der Waals surface area contributed by atoms with Crippen LogP contribution >= 0.6 is 0 Å². The maximum Gasteiger partial charge on any atom is 0.109 e. The predicted octanol–water partition coefficient (Wildman–Crippen LogP) is 2.39. The SMILES string of the molecule is CC[C@@H]1[C@H](F)C1(C)C. The van der Waals surface area contributed by atoms with Crippen molar-refractivity contribution in [3.8, 4) is 0 Å². The average molecular weight is 116 g/mol. The minimum absolute atomic E-state index is 0.00868. The van der Waals surface area contributed by atoms with Crippen LogP contribution in [0.4, 0.5) is 4.39 Å². The molecular weight excluding hydrogens is 103 g/mol. The van der Waals surface area contributed by atoms with Crippen LogP contribution in [-0.2, 0) is 0 Å². The Morgan fingerprint density at radius 2 is 1.88 bits per heavy atom. The lowest BCUT2D eigenvalue weighted by Crippen LogP contribution is -1.88. The number of hydrogen-bond donors (Lipinski definition) is 0. The van der Waals surface area contributed by atoms with Gasteiger partial charge in [-0.25, -0.2) is 4.39 Å². The molecular formula is C7H13F. The van der Waals surface area contributed by atoms with E-state index in [-0.39, 0.29) is 5.41 Å². The molecule has 0 amide bonds. The van der Waals surface area contributed by atoms with Crippen LogP contribution in [-0.4, -0.2) is 6.17 Å². The van der Waals surface area contributed by atoms with E-state index in [2.05, 4.69) is 0 Å². The first-order valence-corrected chi connectivity index (χ1v) is 3.24. The summed E-state index contributed by atoms with van der Waals surface area (Å²) in [5.74, 6) is 0.350. The second kappa shape index (κ2) is 1.46. The highest BCUT2D eigenvalue weighted by Crippen LogP contribution is 2.55. The number of alkyl halides is 1. The molecule has 1 heteroatoms. The topological polar surface area (TPSA) is 0 Å². The summed E-state index contributed by atoms with van der Waals surface area (Å²) in [6.45, 7) is 6.03. The van der Waals surface area contributed by atoms with Gasteiger partial charge in [0.15, 0.2) is 0 Å². The van der Waals surface area contributed by atoms with Gasteiger partial charge in [0.2, 0.25) is 0 Å². The summed E-state index contributed by atoms with van der Waals surface area (Å²) in [5.41, 5.74) is 0.00868. The zero-order valence-corrected chi connectivity index (χ0v) is 5.74. The standard InChI is InChI=1S/C7H13F/c1-4-5-6(8)7(5,2)3/h5-6H,4H2,1-3H3/t5-,6+/m1/s1. The van der Waals surface area contributed by atoms with Crippen LogP contribution < -0.4 is 0 Å². The summed E-state index contributed by atoms with van der Waals surface area (Å²) >= 11 is 0. The van der Waals surface area contributed by atoms with Crippen LogP contribution in [0.25, 0.3) is 0 Å². The highest BCUT2D eigenvalue weighted by Gasteiger charge is 2.57. The van der Waals surface area contributed by atoms with Crippen molar-refractivity contribution in [1.82, 2.24) is 0 Å². The van der Waals surface area contributed by atoms with Crippen molar-refractivity contribution in [3.63, 3.8) is 0 Å². The number of halogens is 1. The van der Waals surface area contributed by atoms with Crippen LogP contribution in [0.1, 0.15) is 27.2 Å². The molecule has 2 atom stereocenters. The van der Waals surface area contributed by atoms with Gasteiger partial charge in [-0.1, -0.05) is 20.8 Å². The van der Waals surface area contributed by atoms with Gasteiger partial charge in [0.1, 0.15) is 6.17 Å². The zero-order valence-electron chi connectivity index (χ0n) is 5.74. The van der Waals surface area contributed by atoms with Gasteiger partial charge in [-0.05, 0) is 12.3 Å². The number of rotatable bonds is 1. The van der Waals surface area contributed by atoms with E-state index in [9.17, 15) is 4.39 Å². The van der Waals surface area contributed by atoms with E-state index >= 15 is 0 Å². The van der Waals surface area contributed by atoms with Crippen molar-refractivity contribution >= 4 is 0 Å². The largest absolute Gasteiger partial charge is 0.247 e. The summed E-state index contributed by atoms with van der Waals surface area (Å²) in [6.07, 6.45) is 0.473. The van der Waals surface area contributed by atoms with E-state index in [1.165, 1.54) is 0 Å². The lowest BCUT2D eigenvalue weighted by molar-refractivity contribution is 0.396. The molecule has 0 bridgehead atoms. The lowest BCUT2D eigenvalue weighted by Gasteiger charge is -1.94. The predicted molar refractivity (Wildman–Crippen MR) is 32.5 cm³/mol. The Kier molecular flexibility index (Phi) is 1.10. The van der Waals surface area contributed by atoms with Crippen molar-refractivity contribution in [2.24, 2.45) is 11.3 Å². The van der Waals surface area contributed by atoms with Crippen LogP contribution in [0.3, 0.4) is 0 Å². The summed E-state index contributed by atoms with van der Waals surface area (Å²) < 4.78 is 12.6. The highest BCUT2D eigenvalue weighted by molar-refractivity contribution is 5.04. The molecule has 0 nitrogen and oxygen atoms in total.